The normalized spacial score (nSPS) is 15.0. The van der Waals surface area contributed by atoms with Gasteiger partial charge in [0.1, 0.15) is 0 Å². The van der Waals surface area contributed by atoms with E-state index < -0.39 is 46.5 Å². The van der Waals surface area contributed by atoms with E-state index in [-0.39, 0.29) is 0 Å². The lowest BCUT2D eigenvalue weighted by Gasteiger charge is -2.36. The average Bonchev–Trinajstić information content (AvgIpc) is 2.33. The van der Waals surface area contributed by atoms with Gasteiger partial charge in [-0.15, -0.1) is 0 Å². The summed E-state index contributed by atoms with van der Waals surface area (Å²) < 4.78 is 115. The second-order valence-corrected chi connectivity index (χ2v) is 4.58. The molecule has 0 spiro atoms. The van der Waals surface area contributed by atoms with Crippen molar-refractivity contribution in [2.45, 2.75) is 18.5 Å². The van der Waals surface area contributed by atoms with Crippen LogP contribution in [-0.2, 0) is 4.79 Å². The van der Waals surface area contributed by atoms with Crippen molar-refractivity contribution >= 4 is 17.3 Å². The number of anilines is 1. The van der Waals surface area contributed by atoms with Crippen molar-refractivity contribution in [1.29, 1.82) is 0 Å². The predicted molar refractivity (Wildman–Crippen MR) is 61.4 cm³/mol. The highest BCUT2D eigenvalue weighted by Crippen LogP contribution is 2.59. The van der Waals surface area contributed by atoms with Crippen LogP contribution in [0.5, 0.6) is 0 Å². The largest absolute Gasteiger partial charge is 0.595 e. The van der Waals surface area contributed by atoms with Crippen molar-refractivity contribution in [2.75, 3.05) is 5.32 Å². The number of rotatable bonds is 3. The van der Waals surface area contributed by atoms with Crippen molar-refractivity contribution in [2.24, 2.45) is 5.41 Å². The van der Waals surface area contributed by atoms with Crippen LogP contribution in [0.1, 0.15) is 0 Å². The second kappa shape index (κ2) is 6.34. The maximum absolute atomic E-state index is 12.7. The summed E-state index contributed by atoms with van der Waals surface area (Å²) in [4.78, 5) is 11.4. The van der Waals surface area contributed by atoms with Crippen molar-refractivity contribution < 1.29 is 54.7 Å². The van der Waals surface area contributed by atoms with Gasteiger partial charge in [-0.25, -0.2) is 5.21 Å². The van der Waals surface area contributed by atoms with Crippen LogP contribution in [0.2, 0.25) is 0 Å². The van der Waals surface area contributed by atoms with Crippen LogP contribution in [0.25, 0.3) is 0 Å². The first-order chi connectivity index (χ1) is 11.1. The molecule has 142 valence electrons. The highest BCUT2D eigenvalue weighted by molar-refractivity contribution is 5.97. The first kappa shape index (κ1) is 21.0. The zero-order valence-electron chi connectivity index (χ0n) is 11.5. The first-order valence-corrected chi connectivity index (χ1v) is 5.90. The summed E-state index contributed by atoms with van der Waals surface area (Å²) in [6, 6.07) is 2.67. The Morgan fingerprint density at radius 1 is 0.960 bits per heavy atom. The molecule has 0 saturated carbocycles. The SMILES string of the molecule is O=C(Nc1cccc([NH+]([O-])O)c1)C(C(F)(F)F)(C(F)(F)F)C(F)(F)F. The van der Waals surface area contributed by atoms with Gasteiger partial charge in [-0.2, -0.15) is 44.7 Å². The zero-order chi connectivity index (χ0) is 19.8. The molecule has 0 bridgehead atoms. The minimum atomic E-state index is -7.06. The summed E-state index contributed by atoms with van der Waals surface area (Å²) in [5.41, 5.74) is -8.37. The van der Waals surface area contributed by atoms with Crippen molar-refractivity contribution in [3.05, 3.63) is 29.5 Å². The Hall–Kier alpha value is -2.06. The Bertz CT molecular complexity index is 601. The van der Waals surface area contributed by atoms with Gasteiger partial charge in [0.25, 0.3) is 5.91 Å². The first-order valence-electron chi connectivity index (χ1n) is 5.90. The van der Waals surface area contributed by atoms with E-state index in [0.29, 0.717) is 12.1 Å². The molecule has 0 saturated heterocycles. The van der Waals surface area contributed by atoms with Crippen LogP contribution < -0.4 is 10.5 Å². The summed E-state index contributed by atoms with van der Waals surface area (Å²) in [6.07, 6.45) is -21.2. The third-order valence-corrected chi connectivity index (χ3v) is 2.98. The molecule has 1 aromatic carbocycles. The number of hydrogen-bond acceptors (Lipinski definition) is 3. The molecule has 1 aromatic rings. The molecule has 0 fully saturated rings. The fourth-order valence-electron chi connectivity index (χ4n) is 1.82. The summed E-state index contributed by atoms with van der Waals surface area (Å²) in [5.74, 6) is -3.46. The molecule has 0 aliphatic heterocycles. The summed E-state index contributed by atoms with van der Waals surface area (Å²) in [7, 11) is 0. The molecule has 1 rings (SSSR count). The van der Waals surface area contributed by atoms with E-state index in [0.717, 1.165) is 17.4 Å². The molecule has 0 radical (unpaired) electrons. The van der Waals surface area contributed by atoms with Gasteiger partial charge in [-0.3, -0.25) is 4.79 Å². The molecular weight excluding hydrogens is 379 g/mol. The Kier molecular flexibility index (Phi) is 5.33. The van der Waals surface area contributed by atoms with Crippen LogP contribution >= 0.6 is 0 Å². The Morgan fingerprint density at radius 2 is 1.40 bits per heavy atom. The lowest BCUT2D eigenvalue weighted by molar-refractivity contribution is -0.991. The average molecular weight is 386 g/mol. The fraction of sp³-hybridized carbons (Fsp3) is 0.364. The number of alkyl halides is 9. The molecule has 14 heteroatoms. The topological polar surface area (TPSA) is 76.8 Å². The van der Waals surface area contributed by atoms with E-state index in [1.165, 1.54) is 0 Å². The van der Waals surface area contributed by atoms with Crippen molar-refractivity contribution in [1.82, 2.24) is 0 Å². The van der Waals surface area contributed by atoms with Crippen molar-refractivity contribution in [3.63, 3.8) is 0 Å². The number of hydrogen-bond donors (Lipinski definition) is 3. The van der Waals surface area contributed by atoms with Gasteiger partial charge in [0.2, 0.25) is 0 Å². The molecule has 0 aliphatic rings. The van der Waals surface area contributed by atoms with E-state index in [4.69, 9.17) is 5.21 Å². The maximum atomic E-state index is 12.7. The van der Waals surface area contributed by atoms with Crippen LogP contribution in [-0.4, -0.2) is 29.6 Å². The fourth-order valence-corrected chi connectivity index (χ4v) is 1.82. The standard InChI is InChI=1S/C11H7F9N2O3/c12-9(13,14)8(10(15,16)17,11(18,19)20)7(23)21-5-2-1-3-6(4-5)22(24)25/h1-4,22,24H,(H,21,23). The number of benzene rings is 1. The van der Waals surface area contributed by atoms with Gasteiger partial charge in [0.15, 0.2) is 5.69 Å². The molecule has 1 unspecified atom stereocenters. The van der Waals surface area contributed by atoms with Gasteiger partial charge in [0.05, 0.1) is 0 Å². The van der Waals surface area contributed by atoms with Crippen molar-refractivity contribution in [3.8, 4) is 0 Å². The molecule has 0 heterocycles. The summed E-state index contributed by atoms with van der Waals surface area (Å²) in [6.45, 7) is 0. The van der Waals surface area contributed by atoms with E-state index in [2.05, 4.69) is 0 Å². The van der Waals surface area contributed by atoms with Gasteiger partial charge < -0.3 is 10.5 Å². The Labute approximate surface area is 132 Å². The van der Waals surface area contributed by atoms with Crippen LogP contribution in [0.3, 0.4) is 0 Å². The van der Waals surface area contributed by atoms with Crippen LogP contribution in [0.15, 0.2) is 24.3 Å². The highest BCUT2D eigenvalue weighted by atomic mass is 19.4. The summed E-state index contributed by atoms with van der Waals surface area (Å²) in [5, 5.41) is 18.5. The van der Waals surface area contributed by atoms with E-state index in [1.54, 1.807) is 0 Å². The molecule has 5 nitrogen and oxygen atoms in total. The summed E-state index contributed by atoms with van der Waals surface area (Å²) >= 11 is 0. The van der Waals surface area contributed by atoms with Gasteiger partial charge >= 0.3 is 23.9 Å². The number of carbonyl (C=O) groups excluding carboxylic acids is 1. The smallest absolute Gasteiger partial charge is 0.421 e. The number of amides is 1. The molecule has 0 aromatic heterocycles. The van der Waals surface area contributed by atoms with Crippen LogP contribution in [0, 0.1) is 10.6 Å². The molecule has 0 aliphatic carbocycles. The molecular formula is C11H7F9N2O3. The molecule has 3 N–H and O–H groups in total. The molecule has 25 heavy (non-hydrogen) atoms. The predicted octanol–water partition coefficient (Wildman–Crippen LogP) is 2.70. The maximum Gasteiger partial charge on any atom is 0.421 e. The minimum absolute atomic E-state index is 0.397. The molecule has 1 atom stereocenters. The molecule has 1 amide bonds. The quantitative estimate of drug-likeness (QED) is 0.552. The highest BCUT2D eigenvalue weighted by Gasteiger charge is 2.88. The Morgan fingerprint density at radius 3 is 1.76 bits per heavy atom. The number of carbonyl (C=O) groups is 1. The van der Waals surface area contributed by atoms with Gasteiger partial charge in [0, 0.05) is 17.8 Å². The second-order valence-electron chi connectivity index (χ2n) is 4.58. The number of nitrogens with one attached hydrogen (secondary N) is 2. The van der Waals surface area contributed by atoms with E-state index >= 15 is 0 Å². The van der Waals surface area contributed by atoms with E-state index in [9.17, 15) is 49.5 Å². The number of quaternary nitrogens is 1. The van der Waals surface area contributed by atoms with E-state index in [1.807, 2.05) is 0 Å². The monoisotopic (exact) mass is 386 g/mol. The Balaban J connectivity index is 3.47. The minimum Gasteiger partial charge on any atom is -0.595 e. The van der Waals surface area contributed by atoms with Gasteiger partial charge in [-0.05, 0) is 6.07 Å². The lowest BCUT2D eigenvalue weighted by Crippen LogP contribution is -2.99. The van der Waals surface area contributed by atoms with Crippen LogP contribution in [0.4, 0.5) is 50.9 Å². The third-order valence-electron chi connectivity index (χ3n) is 2.98. The van der Waals surface area contributed by atoms with Gasteiger partial charge in [-0.1, -0.05) is 6.07 Å². The zero-order valence-corrected chi connectivity index (χ0v) is 11.5. The lowest BCUT2D eigenvalue weighted by atomic mass is 9.84. The third kappa shape index (κ3) is 3.64. The number of halogens is 9.